The molecule has 2 nitrogen and oxygen atoms in total. The lowest BCUT2D eigenvalue weighted by Crippen LogP contribution is -2.44. The summed E-state index contributed by atoms with van der Waals surface area (Å²) in [6.45, 7) is 11.1. The third kappa shape index (κ3) is 5.83. The van der Waals surface area contributed by atoms with Gasteiger partial charge in [-0.2, -0.15) is 0 Å². The first-order valence-electron chi connectivity index (χ1n) is 8.50. The fourth-order valence-corrected chi connectivity index (χ4v) is 3.56. The van der Waals surface area contributed by atoms with Crippen LogP contribution in [-0.2, 0) is 0 Å². The Bertz CT molecular complexity index is 219. The highest BCUT2D eigenvalue weighted by molar-refractivity contribution is 4.79. The minimum Gasteiger partial charge on any atom is -0.392 e. The highest BCUT2D eigenvalue weighted by atomic mass is 16.3. The first kappa shape index (κ1) is 17.0. The van der Waals surface area contributed by atoms with Crippen molar-refractivity contribution < 1.29 is 5.11 Å². The van der Waals surface area contributed by atoms with Crippen LogP contribution in [-0.4, -0.2) is 35.2 Å². The first-order chi connectivity index (χ1) is 9.08. The summed E-state index contributed by atoms with van der Waals surface area (Å²) in [6, 6.07) is 0.639. The molecular weight excluding hydrogens is 234 g/mol. The van der Waals surface area contributed by atoms with Crippen LogP contribution in [0.4, 0.5) is 0 Å². The van der Waals surface area contributed by atoms with Crippen molar-refractivity contribution in [3.63, 3.8) is 0 Å². The molecule has 2 heteroatoms. The van der Waals surface area contributed by atoms with Crippen LogP contribution in [0.5, 0.6) is 0 Å². The Kier molecular flexibility index (Phi) is 8.01. The molecule has 0 spiro atoms. The smallest absolute Gasteiger partial charge is 0.0695 e. The quantitative estimate of drug-likeness (QED) is 0.718. The van der Waals surface area contributed by atoms with Gasteiger partial charge in [-0.1, -0.05) is 47.0 Å². The molecule has 1 atom stereocenters. The van der Waals surface area contributed by atoms with Crippen molar-refractivity contribution in [2.45, 2.75) is 84.8 Å². The van der Waals surface area contributed by atoms with Gasteiger partial charge in [0.1, 0.15) is 0 Å². The summed E-state index contributed by atoms with van der Waals surface area (Å²) in [5, 5.41) is 10.6. The molecule has 19 heavy (non-hydrogen) atoms. The van der Waals surface area contributed by atoms with E-state index >= 15 is 0 Å². The highest BCUT2D eigenvalue weighted by Crippen LogP contribution is 2.27. The van der Waals surface area contributed by atoms with Crippen LogP contribution in [0.1, 0.15) is 72.6 Å². The normalized spacial score (nSPS) is 19.6. The van der Waals surface area contributed by atoms with Crippen molar-refractivity contribution in [2.24, 2.45) is 11.8 Å². The van der Waals surface area contributed by atoms with Crippen molar-refractivity contribution in [3.05, 3.63) is 0 Å². The number of hydrogen-bond donors (Lipinski definition) is 1. The molecule has 1 aliphatic rings. The van der Waals surface area contributed by atoms with Gasteiger partial charge in [-0.05, 0) is 37.5 Å². The molecule has 1 rings (SSSR count). The van der Waals surface area contributed by atoms with Gasteiger partial charge in [0, 0.05) is 19.1 Å². The molecule has 1 saturated carbocycles. The molecule has 1 unspecified atom stereocenters. The van der Waals surface area contributed by atoms with Gasteiger partial charge in [0.15, 0.2) is 0 Å². The predicted octanol–water partition coefficient (Wildman–Crippen LogP) is 4.07. The van der Waals surface area contributed by atoms with Crippen LogP contribution < -0.4 is 0 Å². The Morgan fingerprint density at radius 2 is 1.58 bits per heavy atom. The third-order valence-electron chi connectivity index (χ3n) is 4.67. The van der Waals surface area contributed by atoms with Crippen LogP contribution in [0.2, 0.25) is 0 Å². The van der Waals surface area contributed by atoms with Crippen LogP contribution >= 0.6 is 0 Å². The molecule has 114 valence electrons. The fraction of sp³-hybridized carbons (Fsp3) is 1.00. The van der Waals surface area contributed by atoms with Gasteiger partial charge in [-0.3, -0.25) is 4.90 Å². The van der Waals surface area contributed by atoms with Gasteiger partial charge < -0.3 is 5.11 Å². The van der Waals surface area contributed by atoms with Crippen molar-refractivity contribution >= 4 is 0 Å². The Morgan fingerprint density at radius 1 is 1.00 bits per heavy atom. The van der Waals surface area contributed by atoms with E-state index in [4.69, 9.17) is 0 Å². The van der Waals surface area contributed by atoms with E-state index in [2.05, 4.69) is 32.6 Å². The summed E-state index contributed by atoms with van der Waals surface area (Å²) in [6.07, 6.45) is 8.75. The second-order valence-corrected chi connectivity index (χ2v) is 6.78. The van der Waals surface area contributed by atoms with E-state index in [0.29, 0.717) is 17.9 Å². The number of aliphatic hydroxyl groups excluding tert-OH is 1. The fourth-order valence-electron chi connectivity index (χ4n) is 3.56. The number of hydrogen-bond acceptors (Lipinski definition) is 2. The van der Waals surface area contributed by atoms with E-state index in [-0.39, 0.29) is 6.10 Å². The largest absolute Gasteiger partial charge is 0.392 e. The summed E-state index contributed by atoms with van der Waals surface area (Å²) < 4.78 is 0. The van der Waals surface area contributed by atoms with Gasteiger partial charge >= 0.3 is 0 Å². The molecule has 0 bridgehead atoms. The average Bonchev–Trinajstić information content (AvgIpc) is 2.40. The third-order valence-corrected chi connectivity index (χ3v) is 4.67. The van der Waals surface area contributed by atoms with Crippen molar-refractivity contribution in [3.8, 4) is 0 Å². The van der Waals surface area contributed by atoms with Gasteiger partial charge in [0.25, 0.3) is 0 Å². The molecule has 0 aromatic rings. The molecule has 0 aromatic heterocycles. The molecule has 0 aromatic carbocycles. The maximum atomic E-state index is 10.6. The van der Waals surface area contributed by atoms with E-state index in [1.807, 2.05) is 0 Å². The summed E-state index contributed by atoms with van der Waals surface area (Å²) >= 11 is 0. The zero-order chi connectivity index (χ0) is 14.3. The summed E-state index contributed by atoms with van der Waals surface area (Å²) in [5.74, 6) is 1.23. The highest BCUT2D eigenvalue weighted by Gasteiger charge is 2.26. The van der Waals surface area contributed by atoms with E-state index in [9.17, 15) is 5.11 Å². The lowest BCUT2D eigenvalue weighted by atomic mass is 9.85. The minimum atomic E-state index is -0.111. The van der Waals surface area contributed by atoms with Crippen LogP contribution in [0, 0.1) is 11.8 Å². The van der Waals surface area contributed by atoms with Crippen LogP contribution in [0.3, 0.4) is 0 Å². The monoisotopic (exact) mass is 269 g/mol. The second kappa shape index (κ2) is 8.97. The van der Waals surface area contributed by atoms with Crippen LogP contribution in [0.15, 0.2) is 0 Å². The number of rotatable bonds is 8. The molecular formula is C17H35NO. The maximum absolute atomic E-state index is 10.6. The SMILES string of the molecule is CCC(CC)N(CC(C)C)CC(O)C1CCCCC1. The van der Waals surface area contributed by atoms with E-state index in [1.165, 1.54) is 44.9 Å². The molecule has 0 saturated heterocycles. The number of nitrogens with zero attached hydrogens (tertiary/aromatic N) is 1. The molecule has 0 heterocycles. The van der Waals surface area contributed by atoms with Crippen molar-refractivity contribution in [1.29, 1.82) is 0 Å². The molecule has 0 radical (unpaired) electrons. The Morgan fingerprint density at radius 3 is 2.05 bits per heavy atom. The topological polar surface area (TPSA) is 23.5 Å². The van der Waals surface area contributed by atoms with Crippen molar-refractivity contribution in [2.75, 3.05) is 13.1 Å². The average molecular weight is 269 g/mol. The maximum Gasteiger partial charge on any atom is 0.0695 e. The second-order valence-electron chi connectivity index (χ2n) is 6.78. The molecule has 0 aliphatic heterocycles. The van der Waals surface area contributed by atoms with E-state index in [1.54, 1.807) is 0 Å². The van der Waals surface area contributed by atoms with Gasteiger partial charge in [-0.25, -0.2) is 0 Å². The van der Waals surface area contributed by atoms with Gasteiger partial charge in [0.2, 0.25) is 0 Å². The van der Waals surface area contributed by atoms with Gasteiger partial charge in [-0.15, -0.1) is 0 Å². The molecule has 1 fully saturated rings. The molecule has 1 N–H and O–H groups in total. The van der Waals surface area contributed by atoms with E-state index < -0.39 is 0 Å². The Hall–Kier alpha value is -0.0800. The predicted molar refractivity (Wildman–Crippen MR) is 83.4 cm³/mol. The molecule has 0 amide bonds. The number of aliphatic hydroxyl groups is 1. The van der Waals surface area contributed by atoms with Crippen LogP contribution in [0.25, 0.3) is 0 Å². The lowest BCUT2D eigenvalue weighted by molar-refractivity contribution is 0.0271. The summed E-state index contributed by atoms with van der Waals surface area (Å²) in [5.41, 5.74) is 0. The molecule has 1 aliphatic carbocycles. The van der Waals surface area contributed by atoms with Gasteiger partial charge in [0.05, 0.1) is 6.10 Å². The zero-order valence-electron chi connectivity index (χ0n) is 13.6. The minimum absolute atomic E-state index is 0.111. The van der Waals surface area contributed by atoms with E-state index in [0.717, 1.165) is 13.1 Å². The Balaban J connectivity index is 2.53. The standard InChI is InChI=1S/C17H35NO/c1-5-16(6-2)18(12-14(3)4)13-17(19)15-10-8-7-9-11-15/h14-17,19H,5-13H2,1-4H3. The zero-order valence-corrected chi connectivity index (χ0v) is 13.6. The lowest BCUT2D eigenvalue weighted by Gasteiger charge is -2.36. The van der Waals surface area contributed by atoms with Crippen molar-refractivity contribution in [1.82, 2.24) is 4.90 Å². The summed E-state index contributed by atoms with van der Waals surface area (Å²) in [4.78, 5) is 2.55. The Labute approximate surface area is 120 Å². The summed E-state index contributed by atoms with van der Waals surface area (Å²) in [7, 11) is 0. The first-order valence-corrected chi connectivity index (χ1v) is 8.50.